The van der Waals surface area contributed by atoms with E-state index in [1.54, 1.807) is 0 Å². The third-order valence-corrected chi connectivity index (χ3v) is 4.94. The first-order chi connectivity index (χ1) is 6.79. The van der Waals surface area contributed by atoms with Crippen LogP contribution in [0, 0.1) is 0 Å². The highest BCUT2D eigenvalue weighted by Gasteiger charge is 2.29. The Bertz CT molecular complexity index is 172. The SMILES string of the molecule is CC1(CNC2CCNCC2)CCCS1. The summed E-state index contributed by atoms with van der Waals surface area (Å²) in [6.07, 6.45) is 5.42. The van der Waals surface area contributed by atoms with Crippen LogP contribution in [0.5, 0.6) is 0 Å². The van der Waals surface area contributed by atoms with Gasteiger partial charge in [-0.25, -0.2) is 0 Å². The third kappa shape index (κ3) is 2.88. The molecule has 0 bridgehead atoms. The van der Waals surface area contributed by atoms with E-state index in [2.05, 4.69) is 29.3 Å². The Morgan fingerprint density at radius 2 is 2.21 bits per heavy atom. The highest BCUT2D eigenvalue weighted by atomic mass is 32.2. The van der Waals surface area contributed by atoms with Gasteiger partial charge in [0, 0.05) is 17.3 Å². The molecule has 2 fully saturated rings. The molecule has 0 aromatic heterocycles. The van der Waals surface area contributed by atoms with Crippen molar-refractivity contribution in [1.82, 2.24) is 10.6 Å². The van der Waals surface area contributed by atoms with Crippen LogP contribution < -0.4 is 10.6 Å². The molecule has 14 heavy (non-hydrogen) atoms. The third-order valence-electron chi connectivity index (χ3n) is 3.40. The van der Waals surface area contributed by atoms with Crippen molar-refractivity contribution in [3.05, 3.63) is 0 Å². The molecule has 1 atom stereocenters. The minimum absolute atomic E-state index is 0.533. The molecule has 0 aromatic rings. The van der Waals surface area contributed by atoms with Gasteiger partial charge in [-0.1, -0.05) is 0 Å². The quantitative estimate of drug-likeness (QED) is 0.746. The molecule has 2 aliphatic heterocycles. The minimum Gasteiger partial charge on any atom is -0.317 e. The average Bonchev–Trinajstić information content (AvgIpc) is 2.65. The van der Waals surface area contributed by atoms with Crippen molar-refractivity contribution in [3.8, 4) is 0 Å². The van der Waals surface area contributed by atoms with Crippen molar-refractivity contribution in [1.29, 1.82) is 0 Å². The topological polar surface area (TPSA) is 24.1 Å². The average molecular weight is 214 g/mol. The maximum absolute atomic E-state index is 3.74. The fourth-order valence-electron chi connectivity index (χ4n) is 2.36. The number of piperidine rings is 1. The van der Waals surface area contributed by atoms with E-state index in [1.165, 1.54) is 51.1 Å². The van der Waals surface area contributed by atoms with Crippen LogP contribution in [0.1, 0.15) is 32.6 Å². The van der Waals surface area contributed by atoms with Crippen molar-refractivity contribution < 1.29 is 0 Å². The van der Waals surface area contributed by atoms with Crippen molar-refractivity contribution in [2.75, 3.05) is 25.4 Å². The van der Waals surface area contributed by atoms with Crippen LogP contribution in [-0.4, -0.2) is 36.2 Å². The standard InChI is InChI=1S/C11H22N2S/c1-11(5-2-8-14-11)9-13-10-3-6-12-7-4-10/h10,12-13H,2-9H2,1H3. The highest BCUT2D eigenvalue weighted by Crippen LogP contribution is 2.37. The summed E-state index contributed by atoms with van der Waals surface area (Å²) in [5.74, 6) is 1.37. The van der Waals surface area contributed by atoms with Crippen LogP contribution in [0.4, 0.5) is 0 Å². The maximum atomic E-state index is 3.74. The van der Waals surface area contributed by atoms with E-state index in [0.29, 0.717) is 4.75 Å². The van der Waals surface area contributed by atoms with E-state index in [4.69, 9.17) is 0 Å². The van der Waals surface area contributed by atoms with Crippen LogP contribution in [-0.2, 0) is 0 Å². The van der Waals surface area contributed by atoms with Crippen LogP contribution in [0.3, 0.4) is 0 Å². The van der Waals surface area contributed by atoms with Gasteiger partial charge in [-0.05, 0) is 51.4 Å². The number of rotatable bonds is 3. The molecule has 0 radical (unpaired) electrons. The normalized spacial score (nSPS) is 34.9. The summed E-state index contributed by atoms with van der Waals surface area (Å²) in [7, 11) is 0. The number of hydrogen-bond donors (Lipinski definition) is 2. The van der Waals surface area contributed by atoms with Gasteiger partial charge in [-0.15, -0.1) is 0 Å². The molecule has 2 saturated heterocycles. The monoisotopic (exact) mass is 214 g/mol. The Kier molecular flexibility index (Phi) is 3.74. The van der Waals surface area contributed by atoms with Gasteiger partial charge in [0.05, 0.1) is 0 Å². The molecule has 0 saturated carbocycles. The van der Waals surface area contributed by atoms with Crippen molar-refractivity contribution in [2.24, 2.45) is 0 Å². The Hall–Kier alpha value is 0.270. The van der Waals surface area contributed by atoms with E-state index in [9.17, 15) is 0 Å². The number of thioether (sulfide) groups is 1. The fraction of sp³-hybridized carbons (Fsp3) is 1.00. The molecule has 3 heteroatoms. The van der Waals surface area contributed by atoms with Crippen molar-refractivity contribution in [3.63, 3.8) is 0 Å². The first kappa shape index (κ1) is 10.8. The van der Waals surface area contributed by atoms with Crippen LogP contribution >= 0.6 is 11.8 Å². The summed E-state index contributed by atoms with van der Waals surface area (Å²) < 4.78 is 0.533. The van der Waals surface area contributed by atoms with Crippen LogP contribution in [0.15, 0.2) is 0 Å². The summed E-state index contributed by atoms with van der Waals surface area (Å²) in [5.41, 5.74) is 0. The molecular weight excluding hydrogens is 192 g/mol. The summed E-state index contributed by atoms with van der Waals surface area (Å²) in [4.78, 5) is 0. The molecule has 2 aliphatic rings. The molecule has 1 unspecified atom stereocenters. The van der Waals surface area contributed by atoms with Crippen LogP contribution in [0.2, 0.25) is 0 Å². The first-order valence-electron chi connectivity index (χ1n) is 5.87. The van der Waals surface area contributed by atoms with Gasteiger partial charge in [-0.3, -0.25) is 0 Å². The molecule has 2 heterocycles. The summed E-state index contributed by atoms with van der Waals surface area (Å²) in [6.45, 7) is 6.02. The van der Waals surface area contributed by atoms with Gasteiger partial charge < -0.3 is 10.6 Å². The molecule has 0 spiro atoms. The Morgan fingerprint density at radius 3 is 2.86 bits per heavy atom. The second-order valence-electron chi connectivity index (χ2n) is 4.81. The van der Waals surface area contributed by atoms with Crippen molar-refractivity contribution >= 4 is 11.8 Å². The van der Waals surface area contributed by atoms with E-state index >= 15 is 0 Å². The lowest BCUT2D eigenvalue weighted by molar-refractivity contribution is 0.371. The van der Waals surface area contributed by atoms with Gasteiger partial charge in [0.2, 0.25) is 0 Å². The summed E-state index contributed by atoms with van der Waals surface area (Å²) >= 11 is 2.16. The minimum atomic E-state index is 0.533. The smallest absolute Gasteiger partial charge is 0.0256 e. The second kappa shape index (κ2) is 4.86. The predicted molar refractivity (Wildman–Crippen MR) is 64.0 cm³/mol. The Morgan fingerprint density at radius 1 is 1.43 bits per heavy atom. The molecule has 0 aromatic carbocycles. The van der Waals surface area contributed by atoms with Crippen molar-refractivity contribution in [2.45, 2.75) is 43.4 Å². The predicted octanol–water partition coefficient (Wildman–Crippen LogP) is 1.61. The lowest BCUT2D eigenvalue weighted by atomic mass is 10.0. The molecule has 2 rings (SSSR count). The van der Waals surface area contributed by atoms with Gasteiger partial charge in [0.15, 0.2) is 0 Å². The molecule has 2 nitrogen and oxygen atoms in total. The Balaban J connectivity index is 1.70. The number of nitrogens with one attached hydrogen (secondary N) is 2. The fourth-order valence-corrected chi connectivity index (χ4v) is 3.62. The van der Waals surface area contributed by atoms with Gasteiger partial charge in [-0.2, -0.15) is 11.8 Å². The van der Waals surface area contributed by atoms with E-state index < -0.39 is 0 Å². The summed E-state index contributed by atoms with van der Waals surface area (Å²) in [5, 5.41) is 7.15. The molecular formula is C11H22N2S. The van der Waals surface area contributed by atoms with Crippen LogP contribution in [0.25, 0.3) is 0 Å². The molecule has 0 aliphatic carbocycles. The highest BCUT2D eigenvalue weighted by molar-refractivity contribution is 8.00. The first-order valence-corrected chi connectivity index (χ1v) is 6.85. The van der Waals surface area contributed by atoms with E-state index in [-0.39, 0.29) is 0 Å². The zero-order valence-electron chi connectivity index (χ0n) is 9.14. The van der Waals surface area contributed by atoms with Gasteiger partial charge >= 0.3 is 0 Å². The van der Waals surface area contributed by atoms with E-state index in [1.807, 2.05) is 0 Å². The second-order valence-corrected chi connectivity index (χ2v) is 6.49. The number of hydrogen-bond acceptors (Lipinski definition) is 3. The van der Waals surface area contributed by atoms with Gasteiger partial charge in [0.1, 0.15) is 0 Å². The Labute approximate surface area is 91.6 Å². The molecule has 82 valence electrons. The van der Waals surface area contributed by atoms with E-state index in [0.717, 1.165) is 6.04 Å². The lowest BCUT2D eigenvalue weighted by Gasteiger charge is -2.29. The maximum Gasteiger partial charge on any atom is 0.0256 e. The zero-order chi connectivity index (χ0) is 9.86. The molecule has 2 N–H and O–H groups in total. The largest absolute Gasteiger partial charge is 0.317 e. The molecule has 0 amide bonds. The summed E-state index contributed by atoms with van der Waals surface area (Å²) in [6, 6.07) is 0.772. The zero-order valence-corrected chi connectivity index (χ0v) is 9.96. The lowest BCUT2D eigenvalue weighted by Crippen LogP contribution is -2.44. The van der Waals surface area contributed by atoms with Gasteiger partial charge in [0.25, 0.3) is 0 Å².